The van der Waals surface area contributed by atoms with Gasteiger partial charge in [0.2, 0.25) is 0 Å². The van der Waals surface area contributed by atoms with Crippen LogP contribution < -0.4 is 0 Å². The van der Waals surface area contributed by atoms with Crippen LogP contribution >= 0.6 is 11.8 Å². The van der Waals surface area contributed by atoms with Gasteiger partial charge < -0.3 is 0 Å². The van der Waals surface area contributed by atoms with Crippen LogP contribution in [0.2, 0.25) is 0 Å². The van der Waals surface area contributed by atoms with E-state index in [1.54, 1.807) is 0 Å². The molecule has 12 rings (SSSR count). The van der Waals surface area contributed by atoms with Crippen molar-refractivity contribution in [1.82, 2.24) is 9.97 Å². The zero-order chi connectivity index (χ0) is 42.1. The minimum atomic E-state index is -0.488. The van der Waals surface area contributed by atoms with Crippen molar-refractivity contribution in [2.45, 2.75) is 34.5 Å². The number of nitrogens with zero attached hydrogens (tertiary/aromatic N) is 2. The lowest BCUT2D eigenvalue weighted by molar-refractivity contribution is 0.549. The van der Waals surface area contributed by atoms with Gasteiger partial charge in [0.25, 0.3) is 0 Å². The Labute approximate surface area is 373 Å². The molecular formula is C60H42N2S. The summed E-state index contributed by atoms with van der Waals surface area (Å²) in [5, 5.41) is 2.36. The molecule has 9 aromatic carbocycles. The maximum absolute atomic E-state index is 5.29. The van der Waals surface area contributed by atoms with Crippen LogP contribution in [0.5, 0.6) is 0 Å². The number of rotatable bonds is 5. The van der Waals surface area contributed by atoms with Gasteiger partial charge in [-0.2, -0.15) is 0 Å². The third kappa shape index (κ3) is 5.87. The molecule has 1 spiro atoms. The average molecular weight is 823 g/mol. The van der Waals surface area contributed by atoms with Gasteiger partial charge in [0.05, 0.1) is 16.8 Å². The number of aromatic nitrogens is 2. The maximum atomic E-state index is 5.29. The molecule has 0 radical (unpaired) electrons. The standard InChI is InChI=1S/C60H42N2S/c1-59(2)48-26-11-13-28-50(48)60(51-29-14-12-27-49(51)59)52-30-15-16-31-56(52)63-57-35-32-42(37-53(57)60)41-22-17-23-43(36-41)54-38-55(62-58(61-54)40-20-7-4-8-21-40)47-34-33-44(39-18-5-3-6-19-39)45-24-9-10-25-46(45)47/h3-38H,1-2H3. The van der Waals surface area contributed by atoms with Gasteiger partial charge in [0.15, 0.2) is 5.82 Å². The normalized spacial score (nSPS) is 14.1. The molecule has 1 aliphatic carbocycles. The molecule has 0 N–H and O–H groups in total. The largest absolute Gasteiger partial charge is 0.228 e. The number of fused-ring (bicyclic) bond motifs is 9. The predicted octanol–water partition coefficient (Wildman–Crippen LogP) is 15.5. The molecule has 63 heavy (non-hydrogen) atoms. The minimum absolute atomic E-state index is 0.157. The van der Waals surface area contributed by atoms with Gasteiger partial charge in [-0.05, 0) is 96.7 Å². The van der Waals surface area contributed by atoms with E-state index in [4.69, 9.17) is 9.97 Å². The molecule has 0 atom stereocenters. The van der Waals surface area contributed by atoms with Crippen LogP contribution in [-0.2, 0) is 10.8 Å². The number of hydrogen-bond donors (Lipinski definition) is 0. The summed E-state index contributed by atoms with van der Waals surface area (Å²) in [7, 11) is 0. The summed E-state index contributed by atoms with van der Waals surface area (Å²) in [6.07, 6.45) is 0. The smallest absolute Gasteiger partial charge is 0.160 e. The molecule has 298 valence electrons. The first-order valence-corrected chi connectivity index (χ1v) is 22.5. The highest BCUT2D eigenvalue weighted by atomic mass is 32.2. The fourth-order valence-electron chi connectivity index (χ4n) is 10.5. The first-order chi connectivity index (χ1) is 31.0. The van der Waals surface area contributed by atoms with Crippen molar-refractivity contribution in [3.05, 3.63) is 252 Å². The molecule has 0 saturated carbocycles. The quantitative estimate of drug-likeness (QED) is 0.173. The molecule has 1 aromatic heterocycles. The van der Waals surface area contributed by atoms with Gasteiger partial charge in [-0.15, -0.1) is 0 Å². The van der Waals surface area contributed by atoms with Crippen molar-refractivity contribution in [3.8, 4) is 56.2 Å². The van der Waals surface area contributed by atoms with Gasteiger partial charge in [0.1, 0.15) is 0 Å². The highest BCUT2D eigenvalue weighted by Gasteiger charge is 2.52. The first kappa shape index (κ1) is 37.4. The van der Waals surface area contributed by atoms with Crippen molar-refractivity contribution in [2.24, 2.45) is 0 Å². The van der Waals surface area contributed by atoms with E-state index in [0.717, 1.165) is 39.0 Å². The second-order valence-electron chi connectivity index (χ2n) is 17.3. The van der Waals surface area contributed by atoms with E-state index in [1.165, 1.54) is 65.2 Å². The summed E-state index contributed by atoms with van der Waals surface area (Å²) in [5.41, 5.74) is 17.1. The lowest BCUT2D eigenvalue weighted by Crippen LogP contribution is -2.43. The molecule has 0 saturated heterocycles. The second-order valence-corrected chi connectivity index (χ2v) is 18.3. The molecule has 2 nitrogen and oxygen atoms in total. The number of hydrogen-bond acceptors (Lipinski definition) is 3. The Morgan fingerprint density at radius 3 is 1.56 bits per heavy atom. The van der Waals surface area contributed by atoms with Crippen LogP contribution in [0.15, 0.2) is 228 Å². The molecule has 0 fully saturated rings. The Hall–Kier alpha value is -7.33. The van der Waals surface area contributed by atoms with E-state index in [-0.39, 0.29) is 5.41 Å². The zero-order valence-corrected chi connectivity index (χ0v) is 35.9. The van der Waals surface area contributed by atoms with Crippen molar-refractivity contribution < 1.29 is 0 Å². The summed E-state index contributed by atoms with van der Waals surface area (Å²) in [5.74, 6) is 0.702. The van der Waals surface area contributed by atoms with Crippen molar-refractivity contribution >= 4 is 22.5 Å². The van der Waals surface area contributed by atoms with Crippen molar-refractivity contribution in [2.75, 3.05) is 0 Å². The third-order valence-electron chi connectivity index (χ3n) is 13.4. The van der Waals surface area contributed by atoms with Gasteiger partial charge >= 0.3 is 0 Å². The fraction of sp³-hybridized carbons (Fsp3) is 0.0667. The molecule has 3 heteroatoms. The van der Waals surface area contributed by atoms with E-state index in [0.29, 0.717) is 5.82 Å². The van der Waals surface area contributed by atoms with Crippen molar-refractivity contribution in [1.29, 1.82) is 0 Å². The molecule has 2 heterocycles. The lowest BCUT2D eigenvalue weighted by Gasteiger charge is -2.50. The fourth-order valence-corrected chi connectivity index (χ4v) is 11.7. The van der Waals surface area contributed by atoms with E-state index in [1.807, 2.05) is 17.8 Å². The molecule has 2 aliphatic rings. The Morgan fingerprint density at radius 2 is 0.841 bits per heavy atom. The van der Waals surface area contributed by atoms with Crippen LogP contribution in [0.4, 0.5) is 0 Å². The van der Waals surface area contributed by atoms with E-state index >= 15 is 0 Å². The Bertz CT molecular complexity index is 3360. The predicted molar refractivity (Wildman–Crippen MR) is 261 cm³/mol. The van der Waals surface area contributed by atoms with Gasteiger partial charge in [0, 0.05) is 31.9 Å². The van der Waals surface area contributed by atoms with Crippen LogP contribution in [-0.4, -0.2) is 9.97 Å². The highest BCUT2D eigenvalue weighted by Crippen LogP contribution is 2.61. The SMILES string of the molecule is CC1(C)c2ccccc2C2(c3ccccc3Sc3ccc(-c4cccc(-c5cc(-c6ccc(-c7ccccc7)c7ccccc67)nc(-c6ccccc6)n5)c4)cc32)c2ccccc21. The summed E-state index contributed by atoms with van der Waals surface area (Å²) in [4.78, 5) is 13.2. The highest BCUT2D eigenvalue weighted by molar-refractivity contribution is 7.99. The Morgan fingerprint density at radius 1 is 0.333 bits per heavy atom. The van der Waals surface area contributed by atoms with Crippen LogP contribution in [0.1, 0.15) is 47.2 Å². The summed E-state index contributed by atoms with van der Waals surface area (Å²) >= 11 is 1.89. The van der Waals surface area contributed by atoms with Crippen molar-refractivity contribution in [3.63, 3.8) is 0 Å². The molecular weight excluding hydrogens is 781 g/mol. The van der Waals surface area contributed by atoms with Crippen LogP contribution in [0, 0.1) is 0 Å². The summed E-state index contributed by atoms with van der Waals surface area (Å²) in [6.45, 7) is 4.77. The van der Waals surface area contributed by atoms with Gasteiger partial charge in [-0.3, -0.25) is 0 Å². The summed E-state index contributed by atoms with van der Waals surface area (Å²) in [6, 6.07) is 79.7. The van der Waals surface area contributed by atoms with Crippen LogP contribution in [0.25, 0.3) is 66.9 Å². The number of benzene rings is 9. The average Bonchev–Trinajstić information content (AvgIpc) is 3.35. The van der Waals surface area contributed by atoms with E-state index in [9.17, 15) is 0 Å². The van der Waals surface area contributed by atoms with Gasteiger partial charge in [-0.25, -0.2) is 9.97 Å². The molecule has 0 bridgehead atoms. The van der Waals surface area contributed by atoms with Crippen LogP contribution in [0.3, 0.4) is 0 Å². The molecule has 0 unspecified atom stereocenters. The van der Waals surface area contributed by atoms with Gasteiger partial charge in [-0.1, -0.05) is 214 Å². The lowest BCUT2D eigenvalue weighted by atomic mass is 9.54. The molecule has 0 amide bonds. The Balaban J connectivity index is 1.04. The van der Waals surface area contributed by atoms with E-state index < -0.39 is 5.41 Å². The third-order valence-corrected chi connectivity index (χ3v) is 14.6. The Kier molecular flexibility index (Phi) is 8.71. The topological polar surface area (TPSA) is 25.8 Å². The monoisotopic (exact) mass is 822 g/mol. The molecule has 1 aliphatic heterocycles. The molecule has 10 aromatic rings. The van der Waals surface area contributed by atoms with E-state index in [2.05, 4.69) is 226 Å². The summed E-state index contributed by atoms with van der Waals surface area (Å²) < 4.78 is 0. The first-order valence-electron chi connectivity index (χ1n) is 21.7. The second kappa shape index (κ2) is 14.7. The minimum Gasteiger partial charge on any atom is -0.228 e. The maximum Gasteiger partial charge on any atom is 0.160 e. The zero-order valence-electron chi connectivity index (χ0n) is 35.1.